The molecule has 30 heavy (non-hydrogen) atoms. The molecule has 2 heterocycles. The number of hydrogen-bond donors (Lipinski definition) is 1. The zero-order valence-electron chi connectivity index (χ0n) is 17.5. The number of nitrogens with one attached hydrogen (secondary N) is 1. The summed E-state index contributed by atoms with van der Waals surface area (Å²) in [6.45, 7) is 1.64. The van der Waals surface area contributed by atoms with E-state index in [4.69, 9.17) is 9.57 Å². The number of nitrogens with zero attached hydrogens (tertiary/aromatic N) is 1. The predicted octanol–water partition coefficient (Wildman–Crippen LogP) is 3.61. The molecule has 0 aromatic heterocycles. The standard InChI is InChI=1S/C22H32N2O5S/c25-21(23-29-20-10-4-7-17-28-20)18-8-2-3-9-19(18)30(26,27)24-15-13-22(14-16-24)11-5-1-6-12-22/h2-3,8-9,20H,1,4-7,10-17H2,(H,23,25). The van der Waals surface area contributed by atoms with E-state index < -0.39 is 22.2 Å². The highest BCUT2D eigenvalue weighted by Crippen LogP contribution is 2.45. The van der Waals surface area contributed by atoms with Gasteiger partial charge in [-0.05, 0) is 56.1 Å². The Kier molecular flexibility index (Phi) is 6.77. The minimum absolute atomic E-state index is 0.0373. The van der Waals surface area contributed by atoms with Crippen molar-refractivity contribution >= 4 is 15.9 Å². The molecule has 1 spiro atoms. The summed E-state index contributed by atoms with van der Waals surface area (Å²) in [4.78, 5) is 18.1. The Morgan fingerprint density at radius 3 is 2.47 bits per heavy atom. The van der Waals surface area contributed by atoms with Crippen LogP contribution in [0.5, 0.6) is 0 Å². The van der Waals surface area contributed by atoms with Crippen LogP contribution in [-0.4, -0.2) is 44.6 Å². The van der Waals surface area contributed by atoms with Gasteiger partial charge in [0.05, 0.1) is 10.5 Å². The number of hydroxylamine groups is 1. The van der Waals surface area contributed by atoms with Gasteiger partial charge in [0.15, 0.2) is 6.29 Å². The molecule has 1 saturated carbocycles. The molecule has 1 N–H and O–H groups in total. The van der Waals surface area contributed by atoms with E-state index >= 15 is 0 Å². The fourth-order valence-corrected chi connectivity index (χ4v) is 6.63. The highest BCUT2D eigenvalue weighted by atomic mass is 32.2. The first-order valence-corrected chi connectivity index (χ1v) is 12.6. The Hall–Kier alpha value is -1.48. The first-order valence-electron chi connectivity index (χ1n) is 11.2. The lowest BCUT2D eigenvalue weighted by molar-refractivity contribution is -0.186. The van der Waals surface area contributed by atoms with Gasteiger partial charge in [-0.2, -0.15) is 4.31 Å². The van der Waals surface area contributed by atoms with Gasteiger partial charge in [0.25, 0.3) is 5.91 Å². The van der Waals surface area contributed by atoms with Gasteiger partial charge in [-0.1, -0.05) is 31.4 Å². The largest absolute Gasteiger partial charge is 0.350 e. The Morgan fingerprint density at radius 1 is 1.03 bits per heavy atom. The van der Waals surface area contributed by atoms with E-state index in [1.807, 2.05) is 0 Å². The molecule has 8 heteroatoms. The van der Waals surface area contributed by atoms with Crippen LogP contribution in [0.4, 0.5) is 0 Å². The van der Waals surface area contributed by atoms with E-state index in [2.05, 4.69) is 5.48 Å². The summed E-state index contributed by atoms with van der Waals surface area (Å²) in [5, 5.41) is 0. The Labute approximate surface area is 179 Å². The molecule has 1 aromatic rings. The zero-order chi connectivity index (χ0) is 21.0. The Balaban J connectivity index is 1.44. The van der Waals surface area contributed by atoms with Crippen molar-refractivity contribution in [2.75, 3.05) is 19.7 Å². The molecule has 166 valence electrons. The van der Waals surface area contributed by atoms with Crippen LogP contribution in [0.2, 0.25) is 0 Å². The number of carbonyl (C=O) groups excluding carboxylic acids is 1. The first-order chi connectivity index (χ1) is 14.5. The maximum Gasteiger partial charge on any atom is 0.276 e. The topological polar surface area (TPSA) is 84.9 Å². The molecule has 1 aromatic carbocycles. The SMILES string of the molecule is O=C(NOC1CCCCO1)c1ccccc1S(=O)(=O)N1CCC2(CCCCC2)CC1. The van der Waals surface area contributed by atoms with Crippen molar-refractivity contribution in [3.05, 3.63) is 29.8 Å². The van der Waals surface area contributed by atoms with Crippen LogP contribution >= 0.6 is 0 Å². The van der Waals surface area contributed by atoms with Crippen molar-refractivity contribution in [1.29, 1.82) is 0 Å². The molecular formula is C22H32N2O5S. The molecule has 7 nitrogen and oxygen atoms in total. The second-order valence-corrected chi connectivity index (χ2v) is 10.7. The second-order valence-electron chi connectivity index (χ2n) is 8.81. The maximum atomic E-state index is 13.4. The smallest absolute Gasteiger partial charge is 0.276 e. The van der Waals surface area contributed by atoms with Gasteiger partial charge in [0.2, 0.25) is 10.0 Å². The number of carbonyl (C=O) groups is 1. The summed E-state index contributed by atoms with van der Waals surface area (Å²) in [6.07, 6.45) is 10.2. The normalized spacial score (nSPS) is 25.1. The lowest BCUT2D eigenvalue weighted by Gasteiger charge is -2.43. The minimum Gasteiger partial charge on any atom is -0.350 e. The van der Waals surface area contributed by atoms with E-state index in [9.17, 15) is 13.2 Å². The lowest BCUT2D eigenvalue weighted by Crippen LogP contribution is -2.44. The van der Waals surface area contributed by atoms with Gasteiger partial charge in [-0.25, -0.2) is 18.7 Å². The molecule has 3 fully saturated rings. The van der Waals surface area contributed by atoms with Gasteiger partial charge in [-0.3, -0.25) is 4.79 Å². The van der Waals surface area contributed by atoms with Gasteiger partial charge in [0.1, 0.15) is 0 Å². The number of ether oxygens (including phenoxy) is 1. The number of sulfonamides is 1. The number of rotatable bonds is 5. The summed E-state index contributed by atoms with van der Waals surface area (Å²) >= 11 is 0. The van der Waals surface area contributed by atoms with E-state index in [-0.39, 0.29) is 10.5 Å². The van der Waals surface area contributed by atoms with Crippen LogP contribution in [0.15, 0.2) is 29.2 Å². The molecule has 2 aliphatic heterocycles. The van der Waals surface area contributed by atoms with Crippen LogP contribution in [-0.2, 0) is 19.6 Å². The molecule has 0 bridgehead atoms. The van der Waals surface area contributed by atoms with Crippen LogP contribution in [0.1, 0.15) is 74.6 Å². The molecular weight excluding hydrogens is 404 g/mol. The van der Waals surface area contributed by atoms with Gasteiger partial charge in [-0.15, -0.1) is 0 Å². The highest BCUT2D eigenvalue weighted by molar-refractivity contribution is 7.89. The van der Waals surface area contributed by atoms with Crippen molar-refractivity contribution in [2.24, 2.45) is 5.41 Å². The molecule has 2 saturated heterocycles. The average Bonchev–Trinajstić information content (AvgIpc) is 2.79. The molecule has 1 atom stereocenters. The van der Waals surface area contributed by atoms with Crippen LogP contribution in [0.3, 0.4) is 0 Å². The summed E-state index contributed by atoms with van der Waals surface area (Å²) < 4.78 is 33.7. The molecule has 0 radical (unpaired) electrons. The highest BCUT2D eigenvalue weighted by Gasteiger charge is 2.39. The van der Waals surface area contributed by atoms with Crippen LogP contribution < -0.4 is 5.48 Å². The van der Waals surface area contributed by atoms with Gasteiger partial charge < -0.3 is 4.74 Å². The predicted molar refractivity (Wildman–Crippen MR) is 112 cm³/mol. The zero-order valence-corrected chi connectivity index (χ0v) is 18.3. The van der Waals surface area contributed by atoms with Crippen molar-refractivity contribution in [2.45, 2.75) is 75.4 Å². The third kappa shape index (κ3) is 4.72. The number of amides is 1. The van der Waals surface area contributed by atoms with Gasteiger partial charge in [0, 0.05) is 26.1 Å². The van der Waals surface area contributed by atoms with E-state index in [1.165, 1.54) is 44.2 Å². The fraction of sp³-hybridized carbons (Fsp3) is 0.682. The number of benzene rings is 1. The number of hydrogen-bond acceptors (Lipinski definition) is 5. The lowest BCUT2D eigenvalue weighted by atomic mass is 9.68. The van der Waals surface area contributed by atoms with Crippen molar-refractivity contribution in [3.63, 3.8) is 0 Å². The van der Waals surface area contributed by atoms with Crippen LogP contribution in [0.25, 0.3) is 0 Å². The van der Waals surface area contributed by atoms with Crippen LogP contribution in [0, 0.1) is 5.41 Å². The average molecular weight is 437 g/mol. The quantitative estimate of drug-likeness (QED) is 0.713. The molecule has 1 aliphatic carbocycles. The fourth-order valence-electron chi connectivity index (χ4n) is 5.00. The summed E-state index contributed by atoms with van der Waals surface area (Å²) in [6, 6.07) is 6.35. The van der Waals surface area contributed by atoms with E-state index in [0.29, 0.717) is 31.5 Å². The first kappa shape index (κ1) is 21.7. The second kappa shape index (κ2) is 9.34. The van der Waals surface area contributed by atoms with Crippen molar-refractivity contribution < 1.29 is 22.8 Å². The van der Waals surface area contributed by atoms with Crippen molar-refractivity contribution in [3.8, 4) is 0 Å². The Bertz CT molecular complexity index is 835. The Morgan fingerprint density at radius 2 is 1.77 bits per heavy atom. The molecule has 3 aliphatic rings. The third-order valence-electron chi connectivity index (χ3n) is 6.87. The van der Waals surface area contributed by atoms with E-state index in [0.717, 1.165) is 25.7 Å². The molecule has 1 amide bonds. The molecule has 4 rings (SSSR count). The van der Waals surface area contributed by atoms with Crippen molar-refractivity contribution in [1.82, 2.24) is 9.79 Å². The third-order valence-corrected chi connectivity index (χ3v) is 8.82. The number of piperidine rings is 1. The van der Waals surface area contributed by atoms with E-state index in [1.54, 1.807) is 16.4 Å². The summed E-state index contributed by atoms with van der Waals surface area (Å²) in [5.41, 5.74) is 2.80. The van der Waals surface area contributed by atoms with Gasteiger partial charge >= 0.3 is 0 Å². The minimum atomic E-state index is -3.75. The summed E-state index contributed by atoms with van der Waals surface area (Å²) in [5.74, 6) is -0.566. The molecule has 1 unspecified atom stereocenters. The monoisotopic (exact) mass is 436 g/mol. The summed E-state index contributed by atoms with van der Waals surface area (Å²) in [7, 11) is -3.75. The maximum absolute atomic E-state index is 13.4.